The molecule has 6 nitrogen and oxygen atoms in total. The Hall–Kier alpha value is -3.15. The van der Waals surface area contributed by atoms with E-state index in [9.17, 15) is 14.4 Å². The number of benzene rings is 2. The average Bonchev–Trinajstić information content (AvgIpc) is 2.98. The van der Waals surface area contributed by atoms with Gasteiger partial charge in [0.05, 0.1) is 5.92 Å². The fourth-order valence-corrected chi connectivity index (χ4v) is 2.82. The molecule has 6 heteroatoms. The topological polar surface area (TPSA) is 92.5 Å². The highest BCUT2D eigenvalue weighted by atomic mass is 16.2. The number of primary amides is 1. The molecule has 0 unspecified atom stereocenters. The van der Waals surface area contributed by atoms with Gasteiger partial charge in [0.2, 0.25) is 17.7 Å². The lowest BCUT2D eigenvalue weighted by molar-refractivity contribution is -0.122. The zero-order valence-electron chi connectivity index (χ0n) is 13.9. The quantitative estimate of drug-likeness (QED) is 0.894. The third kappa shape index (κ3) is 3.68. The van der Waals surface area contributed by atoms with Crippen LogP contribution in [0, 0.1) is 12.8 Å². The Labute approximate surface area is 145 Å². The molecular weight excluding hydrogens is 318 g/mol. The molecule has 0 radical (unpaired) electrons. The second kappa shape index (κ2) is 6.76. The van der Waals surface area contributed by atoms with E-state index in [-0.39, 0.29) is 18.2 Å². The van der Waals surface area contributed by atoms with Crippen LogP contribution in [0.25, 0.3) is 0 Å². The summed E-state index contributed by atoms with van der Waals surface area (Å²) in [6.45, 7) is 2.34. The van der Waals surface area contributed by atoms with Gasteiger partial charge in [0.25, 0.3) is 0 Å². The van der Waals surface area contributed by atoms with Crippen molar-refractivity contribution in [3.05, 3.63) is 59.7 Å². The number of carbonyl (C=O) groups excluding carboxylic acids is 3. The minimum atomic E-state index is -0.520. The Kier molecular flexibility index (Phi) is 4.52. The Morgan fingerprint density at radius 3 is 2.32 bits per heavy atom. The van der Waals surface area contributed by atoms with Crippen LogP contribution in [0.5, 0.6) is 0 Å². The molecule has 1 heterocycles. The van der Waals surface area contributed by atoms with E-state index in [2.05, 4.69) is 5.32 Å². The van der Waals surface area contributed by atoms with Crippen molar-refractivity contribution in [2.75, 3.05) is 16.8 Å². The first kappa shape index (κ1) is 16.7. The molecular formula is C19H19N3O3. The third-order valence-electron chi connectivity index (χ3n) is 4.28. The molecule has 128 valence electrons. The Balaban J connectivity index is 1.66. The van der Waals surface area contributed by atoms with Crippen molar-refractivity contribution in [2.24, 2.45) is 11.7 Å². The van der Waals surface area contributed by atoms with Gasteiger partial charge in [-0.1, -0.05) is 17.7 Å². The molecule has 0 aromatic heterocycles. The van der Waals surface area contributed by atoms with Gasteiger partial charge in [-0.05, 0) is 43.3 Å². The number of nitrogens with one attached hydrogen (secondary N) is 1. The van der Waals surface area contributed by atoms with Gasteiger partial charge in [-0.15, -0.1) is 0 Å². The van der Waals surface area contributed by atoms with Crippen LogP contribution < -0.4 is 16.0 Å². The van der Waals surface area contributed by atoms with Gasteiger partial charge in [0, 0.05) is 29.9 Å². The maximum absolute atomic E-state index is 12.4. The smallest absolute Gasteiger partial charge is 0.248 e. The van der Waals surface area contributed by atoms with Crippen LogP contribution in [-0.2, 0) is 9.59 Å². The maximum Gasteiger partial charge on any atom is 0.248 e. The van der Waals surface area contributed by atoms with Gasteiger partial charge in [0.15, 0.2) is 0 Å². The minimum Gasteiger partial charge on any atom is -0.366 e. The summed E-state index contributed by atoms with van der Waals surface area (Å²) >= 11 is 0. The Morgan fingerprint density at radius 2 is 1.72 bits per heavy atom. The summed E-state index contributed by atoms with van der Waals surface area (Å²) in [5.41, 5.74) is 8.05. The molecule has 3 N–H and O–H groups in total. The zero-order chi connectivity index (χ0) is 18.0. The lowest BCUT2D eigenvalue weighted by Gasteiger charge is -2.17. The number of hydrogen-bond acceptors (Lipinski definition) is 3. The van der Waals surface area contributed by atoms with Crippen molar-refractivity contribution in [3.8, 4) is 0 Å². The molecule has 2 aromatic carbocycles. The first-order valence-corrected chi connectivity index (χ1v) is 8.02. The van der Waals surface area contributed by atoms with Crippen molar-refractivity contribution in [2.45, 2.75) is 13.3 Å². The SMILES string of the molecule is Cc1ccc(N2C[C@H](C(=O)Nc3ccc(C(N)=O)cc3)CC2=O)cc1. The maximum atomic E-state index is 12.4. The molecule has 0 saturated carbocycles. The molecule has 25 heavy (non-hydrogen) atoms. The second-order valence-corrected chi connectivity index (χ2v) is 6.17. The van der Waals surface area contributed by atoms with E-state index in [0.717, 1.165) is 11.3 Å². The molecule has 0 aliphatic carbocycles. The van der Waals surface area contributed by atoms with Gasteiger partial charge < -0.3 is 16.0 Å². The molecule has 1 fully saturated rings. The van der Waals surface area contributed by atoms with E-state index in [1.165, 1.54) is 0 Å². The fourth-order valence-electron chi connectivity index (χ4n) is 2.82. The number of carbonyl (C=O) groups is 3. The van der Waals surface area contributed by atoms with Crippen molar-refractivity contribution >= 4 is 29.1 Å². The number of hydrogen-bond donors (Lipinski definition) is 2. The van der Waals surface area contributed by atoms with Crippen molar-refractivity contribution in [1.82, 2.24) is 0 Å². The molecule has 1 aliphatic rings. The molecule has 1 saturated heterocycles. The number of amides is 3. The summed E-state index contributed by atoms with van der Waals surface area (Å²) in [5.74, 6) is -1.21. The highest BCUT2D eigenvalue weighted by Crippen LogP contribution is 2.26. The van der Waals surface area contributed by atoms with E-state index in [1.54, 1.807) is 29.2 Å². The molecule has 2 aromatic rings. The predicted molar refractivity (Wildman–Crippen MR) is 95.2 cm³/mol. The monoisotopic (exact) mass is 337 g/mol. The number of nitrogens with two attached hydrogens (primary N) is 1. The highest BCUT2D eigenvalue weighted by Gasteiger charge is 2.35. The van der Waals surface area contributed by atoms with Crippen molar-refractivity contribution in [1.29, 1.82) is 0 Å². The second-order valence-electron chi connectivity index (χ2n) is 6.17. The summed E-state index contributed by atoms with van der Waals surface area (Å²) in [4.78, 5) is 37.4. The fraction of sp³-hybridized carbons (Fsp3) is 0.211. The summed E-state index contributed by atoms with van der Waals surface area (Å²) < 4.78 is 0. The lowest BCUT2D eigenvalue weighted by Crippen LogP contribution is -2.28. The molecule has 0 spiro atoms. The van der Waals surface area contributed by atoms with Gasteiger partial charge in [-0.3, -0.25) is 14.4 Å². The van der Waals surface area contributed by atoms with E-state index < -0.39 is 11.8 Å². The van der Waals surface area contributed by atoms with E-state index >= 15 is 0 Å². The van der Waals surface area contributed by atoms with Crippen LogP contribution in [0.3, 0.4) is 0 Å². The predicted octanol–water partition coefficient (Wildman–Crippen LogP) is 2.09. The average molecular weight is 337 g/mol. The molecule has 1 aliphatic heterocycles. The molecule has 1 atom stereocenters. The van der Waals surface area contributed by atoms with E-state index in [0.29, 0.717) is 17.8 Å². The minimum absolute atomic E-state index is 0.0620. The van der Waals surface area contributed by atoms with Crippen LogP contribution in [0.2, 0.25) is 0 Å². The van der Waals surface area contributed by atoms with Gasteiger partial charge in [0.1, 0.15) is 0 Å². The third-order valence-corrected chi connectivity index (χ3v) is 4.28. The number of aryl methyl sites for hydroxylation is 1. The van der Waals surface area contributed by atoms with Crippen LogP contribution in [0.15, 0.2) is 48.5 Å². The normalized spacial score (nSPS) is 16.8. The number of anilines is 2. The summed E-state index contributed by atoms with van der Waals surface area (Å²) in [7, 11) is 0. The Morgan fingerprint density at radius 1 is 1.08 bits per heavy atom. The largest absolute Gasteiger partial charge is 0.366 e. The number of rotatable bonds is 4. The van der Waals surface area contributed by atoms with Gasteiger partial charge in [-0.25, -0.2) is 0 Å². The summed E-state index contributed by atoms with van der Waals surface area (Å²) in [6, 6.07) is 14.0. The Bertz CT molecular complexity index is 813. The van der Waals surface area contributed by atoms with E-state index in [1.807, 2.05) is 31.2 Å². The van der Waals surface area contributed by atoms with Crippen LogP contribution >= 0.6 is 0 Å². The molecule has 3 rings (SSSR count). The standard InChI is InChI=1S/C19H19N3O3/c1-12-2-8-16(9-3-12)22-11-14(10-17(22)23)19(25)21-15-6-4-13(5-7-15)18(20)24/h2-9,14H,10-11H2,1H3,(H2,20,24)(H,21,25)/t14-/m1/s1. The lowest BCUT2D eigenvalue weighted by atomic mass is 10.1. The van der Waals surface area contributed by atoms with E-state index in [4.69, 9.17) is 5.73 Å². The van der Waals surface area contributed by atoms with Gasteiger partial charge >= 0.3 is 0 Å². The van der Waals surface area contributed by atoms with Crippen molar-refractivity contribution in [3.63, 3.8) is 0 Å². The van der Waals surface area contributed by atoms with Gasteiger partial charge in [-0.2, -0.15) is 0 Å². The number of nitrogens with zero attached hydrogens (tertiary/aromatic N) is 1. The summed E-state index contributed by atoms with van der Waals surface area (Å²) in [5, 5.41) is 2.78. The van der Waals surface area contributed by atoms with Crippen LogP contribution in [0.4, 0.5) is 11.4 Å². The molecule has 0 bridgehead atoms. The van der Waals surface area contributed by atoms with Crippen LogP contribution in [0.1, 0.15) is 22.3 Å². The van der Waals surface area contributed by atoms with Crippen LogP contribution in [-0.4, -0.2) is 24.3 Å². The molecule has 3 amide bonds. The first-order chi connectivity index (χ1) is 11.9. The summed E-state index contributed by atoms with van der Waals surface area (Å²) in [6.07, 6.45) is 0.180. The van der Waals surface area contributed by atoms with Crippen molar-refractivity contribution < 1.29 is 14.4 Å². The highest BCUT2D eigenvalue weighted by molar-refractivity contribution is 6.03. The first-order valence-electron chi connectivity index (χ1n) is 8.02. The zero-order valence-corrected chi connectivity index (χ0v) is 13.9.